The maximum atomic E-state index is 11.3. The number of nitrogens with one attached hydrogen (secondary N) is 2. The Bertz CT molecular complexity index is 402. The van der Waals surface area contributed by atoms with Gasteiger partial charge in [-0.3, -0.25) is 10.1 Å². The molecular formula is C16H33N3O7. The van der Waals surface area contributed by atoms with E-state index in [1.807, 2.05) is 0 Å². The molecule has 1 amide bonds. The maximum Gasteiger partial charge on any atom is 0.217 e. The Kier molecular flexibility index (Phi) is 11.2. The first-order chi connectivity index (χ1) is 12.4. The largest absolute Gasteiger partial charge is 0.394 e. The Labute approximate surface area is 153 Å². The molecule has 8 N–H and O–H groups in total. The fourth-order valence-electron chi connectivity index (χ4n) is 2.72. The average molecular weight is 379 g/mol. The van der Waals surface area contributed by atoms with Crippen molar-refractivity contribution < 1.29 is 34.7 Å². The first-order valence-corrected chi connectivity index (χ1v) is 9.03. The summed E-state index contributed by atoms with van der Waals surface area (Å²) in [6.07, 6.45) is -2.55. The summed E-state index contributed by atoms with van der Waals surface area (Å²) in [5.74, 6) is -0.396. The van der Waals surface area contributed by atoms with Crippen LogP contribution in [0.25, 0.3) is 0 Å². The van der Waals surface area contributed by atoms with Gasteiger partial charge in [0.1, 0.15) is 30.6 Å². The number of unbranched alkanes of at least 4 members (excludes halogenated alkanes) is 1. The van der Waals surface area contributed by atoms with Crippen molar-refractivity contribution in [1.82, 2.24) is 10.6 Å². The number of hydrogen-bond donors (Lipinski definition) is 7. The second-order valence-electron chi connectivity index (χ2n) is 6.41. The summed E-state index contributed by atoms with van der Waals surface area (Å²) >= 11 is 0. The SMILES string of the molecule is CC(=O)NC1C(OCCCCC(O)NCCCN)OC(CO)C(O)C1O. The Morgan fingerprint density at radius 2 is 2.00 bits per heavy atom. The van der Waals surface area contributed by atoms with Crippen LogP contribution < -0.4 is 16.4 Å². The van der Waals surface area contributed by atoms with Gasteiger partial charge in [0.15, 0.2) is 6.29 Å². The molecule has 0 aromatic carbocycles. The van der Waals surface area contributed by atoms with Gasteiger partial charge in [-0.1, -0.05) is 0 Å². The Morgan fingerprint density at radius 1 is 1.27 bits per heavy atom. The molecule has 1 fully saturated rings. The number of carbonyl (C=O) groups is 1. The highest BCUT2D eigenvalue weighted by Crippen LogP contribution is 2.22. The van der Waals surface area contributed by atoms with Gasteiger partial charge in [-0.25, -0.2) is 0 Å². The van der Waals surface area contributed by atoms with Gasteiger partial charge in [0.2, 0.25) is 5.91 Å². The van der Waals surface area contributed by atoms with E-state index < -0.39 is 49.4 Å². The molecule has 0 spiro atoms. The van der Waals surface area contributed by atoms with E-state index in [9.17, 15) is 25.2 Å². The molecule has 1 saturated heterocycles. The van der Waals surface area contributed by atoms with Crippen molar-refractivity contribution in [1.29, 1.82) is 0 Å². The zero-order valence-corrected chi connectivity index (χ0v) is 15.2. The van der Waals surface area contributed by atoms with E-state index in [0.717, 1.165) is 6.42 Å². The van der Waals surface area contributed by atoms with Crippen LogP contribution in [0.2, 0.25) is 0 Å². The van der Waals surface area contributed by atoms with E-state index in [0.29, 0.717) is 32.4 Å². The van der Waals surface area contributed by atoms with E-state index in [1.54, 1.807) is 0 Å². The lowest BCUT2D eigenvalue weighted by molar-refractivity contribution is -0.270. The lowest BCUT2D eigenvalue weighted by Gasteiger charge is -2.42. The molecular weight excluding hydrogens is 346 g/mol. The van der Waals surface area contributed by atoms with Crippen LogP contribution in [0, 0.1) is 0 Å². The van der Waals surface area contributed by atoms with Crippen molar-refractivity contribution in [3.05, 3.63) is 0 Å². The zero-order chi connectivity index (χ0) is 19.5. The van der Waals surface area contributed by atoms with Gasteiger partial charge in [0, 0.05) is 13.5 Å². The number of carbonyl (C=O) groups excluding carboxylic acids is 1. The summed E-state index contributed by atoms with van der Waals surface area (Å²) in [5, 5.41) is 44.5. The quantitative estimate of drug-likeness (QED) is 0.142. The molecule has 1 aliphatic rings. The molecule has 1 heterocycles. The van der Waals surface area contributed by atoms with E-state index in [2.05, 4.69) is 10.6 Å². The van der Waals surface area contributed by atoms with Gasteiger partial charge in [0.05, 0.1) is 6.61 Å². The van der Waals surface area contributed by atoms with E-state index >= 15 is 0 Å². The fraction of sp³-hybridized carbons (Fsp3) is 0.938. The molecule has 1 rings (SSSR count). The summed E-state index contributed by atoms with van der Waals surface area (Å²) in [7, 11) is 0. The number of hydrogen-bond acceptors (Lipinski definition) is 9. The van der Waals surface area contributed by atoms with E-state index in [1.165, 1.54) is 6.92 Å². The summed E-state index contributed by atoms with van der Waals surface area (Å²) in [6.45, 7) is 2.31. The molecule has 6 unspecified atom stereocenters. The fourth-order valence-corrected chi connectivity index (χ4v) is 2.72. The highest BCUT2D eigenvalue weighted by Gasteiger charge is 2.45. The summed E-state index contributed by atoms with van der Waals surface area (Å²) < 4.78 is 11.0. The Morgan fingerprint density at radius 3 is 2.62 bits per heavy atom. The molecule has 0 aliphatic carbocycles. The molecule has 26 heavy (non-hydrogen) atoms. The molecule has 10 heteroatoms. The number of nitrogens with two attached hydrogens (primary N) is 1. The number of ether oxygens (including phenoxy) is 2. The van der Waals surface area contributed by atoms with Crippen molar-refractivity contribution >= 4 is 5.91 Å². The van der Waals surface area contributed by atoms with E-state index in [4.69, 9.17) is 15.2 Å². The van der Waals surface area contributed by atoms with Crippen molar-refractivity contribution in [2.24, 2.45) is 5.73 Å². The van der Waals surface area contributed by atoms with Gasteiger partial charge < -0.3 is 41.0 Å². The predicted octanol–water partition coefficient (Wildman–Crippen LogP) is -2.63. The number of rotatable bonds is 12. The van der Waals surface area contributed by atoms with E-state index in [-0.39, 0.29) is 6.61 Å². The molecule has 0 radical (unpaired) electrons. The maximum absolute atomic E-state index is 11.3. The van der Waals surface area contributed by atoms with Crippen LogP contribution in [0.1, 0.15) is 32.6 Å². The minimum atomic E-state index is -1.33. The van der Waals surface area contributed by atoms with Crippen LogP contribution >= 0.6 is 0 Å². The van der Waals surface area contributed by atoms with Crippen molar-refractivity contribution in [3.8, 4) is 0 Å². The first-order valence-electron chi connectivity index (χ1n) is 9.03. The highest BCUT2D eigenvalue weighted by atomic mass is 16.7. The lowest BCUT2D eigenvalue weighted by atomic mass is 9.97. The first kappa shape index (κ1) is 23.2. The highest BCUT2D eigenvalue weighted by molar-refractivity contribution is 5.73. The Balaban J connectivity index is 2.38. The van der Waals surface area contributed by atoms with Crippen molar-refractivity contribution in [3.63, 3.8) is 0 Å². The molecule has 1 aliphatic heterocycles. The van der Waals surface area contributed by atoms with Crippen molar-refractivity contribution in [2.45, 2.75) is 69.5 Å². The molecule has 10 nitrogen and oxygen atoms in total. The molecule has 0 saturated carbocycles. The minimum Gasteiger partial charge on any atom is -0.394 e. The topological polar surface area (TPSA) is 167 Å². The van der Waals surface area contributed by atoms with Gasteiger partial charge in [0.25, 0.3) is 0 Å². The van der Waals surface area contributed by atoms with Crippen LogP contribution in [0.5, 0.6) is 0 Å². The van der Waals surface area contributed by atoms with Crippen LogP contribution in [-0.2, 0) is 14.3 Å². The smallest absolute Gasteiger partial charge is 0.217 e. The molecule has 154 valence electrons. The summed E-state index contributed by atoms with van der Waals surface area (Å²) in [6, 6.07) is -0.936. The average Bonchev–Trinajstić information content (AvgIpc) is 2.60. The molecule has 6 atom stereocenters. The van der Waals surface area contributed by atoms with Gasteiger partial charge >= 0.3 is 0 Å². The number of aliphatic hydroxyl groups excluding tert-OH is 4. The predicted molar refractivity (Wildman–Crippen MR) is 92.8 cm³/mol. The van der Waals surface area contributed by atoms with Crippen LogP contribution in [0.4, 0.5) is 0 Å². The molecule has 0 bridgehead atoms. The second-order valence-corrected chi connectivity index (χ2v) is 6.41. The monoisotopic (exact) mass is 379 g/mol. The molecule has 0 aromatic rings. The number of aliphatic hydroxyl groups is 4. The standard InChI is InChI=1S/C16H33N3O7/c1-10(21)19-13-15(24)14(23)11(9-20)26-16(13)25-8-3-2-5-12(22)18-7-4-6-17/h11-16,18,20,22-24H,2-9,17H2,1H3,(H,19,21). The Hall–Kier alpha value is -0.850. The van der Waals surface area contributed by atoms with Gasteiger partial charge in [-0.05, 0) is 38.8 Å². The third-order valence-corrected chi connectivity index (χ3v) is 4.17. The minimum absolute atomic E-state index is 0.275. The van der Waals surface area contributed by atoms with Crippen LogP contribution in [0.3, 0.4) is 0 Å². The third-order valence-electron chi connectivity index (χ3n) is 4.17. The van der Waals surface area contributed by atoms with Gasteiger partial charge in [-0.15, -0.1) is 0 Å². The van der Waals surface area contributed by atoms with Crippen molar-refractivity contribution in [2.75, 3.05) is 26.3 Å². The third kappa shape index (κ3) is 7.80. The molecule has 0 aromatic heterocycles. The van der Waals surface area contributed by atoms with Gasteiger partial charge in [-0.2, -0.15) is 0 Å². The van der Waals surface area contributed by atoms with Crippen LogP contribution in [-0.4, -0.2) is 89.5 Å². The zero-order valence-electron chi connectivity index (χ0n) is 15.2. The number of amides is 1. The summed E-state index contributed by atoms with van der Waals surface area (Å²) in [5.41, 5.74) is 5.38. The normalized spacial score (nSPS) is 30.2. The van der Waals surface area contributed by atoms with Crippen LogP contribution in [0.15, 0.2) is 0 Å². The second kappa shape index (κ2) is 12.5. The lowest BCUT2D eigenvalue weighted by Crippen LogP contribution is -2.64. The summed E-state index contributed by atoms with van der Waals surface area (Å²) in [4.78, 5) is 11.3.